The highest BCUT2D eigenvalue weighted by Gasteiger charge is 2.07. The van der Waals surface area contributed by atoms with Gasteiger partial charge >= 0.3 is 0 Å². The molecule has 0 aromatic heterocycles. The van der Waals surface area contributed by atoms with Gasteiger partial charge in [0.1, 0.15) is 23.2 Å². The number of nitrogens with two attached hydrogens (primary N) is 1. The largest absolute Gasteiger partial charge is 0.489 e. The van der Waals surface area contributed by atoms with Gasteiger partial charge in [0, 0.05) is 21.2 Å². The van der Waals surface area contributed by atoms with Gasteiger partial charge in [-0.15, -0.1) is 0 Å². The molecule has 0 atom stereocenters. The van der Waals surface area contributed by atoms with Crippen molar-refractivity contribution in [2.24, 2.45) is 5.73 Å². The molecular weight excluding hydrogens is 320 g/mol. The van der Waals surface area contributed by atoms with Gasteiger partial charge in [0.15, 0.2) is 0 Å². The van der Waals surface area contributed by atoms with Crippen LogP contribution in [-0.2, 0) is 6.61 Å². The molecule has 0 unspecified atom stereocenters. The van der Waals surface area contributed by atoms with Crippen molar-refractivity contribution in [3.05, 3.63) is 63.4 Å². The molecule has 0 heterocycles. The number of ether oxygens (including phenoxy) is 1. The maximum Gasteiger partial charge on any atom is 0.130 e. The Bertz CT molecular complexity index is 643. The summed E-state index contributed by atoms with van der Waals surface area (Å²) >= 11 is 16.5. The fourth-order valence-corrected chi connectivity index (χ4v) is 2.22. The molecule has 6 heteroatoms. The highest BCUT2D eigenvalue weighted by Crippen LogP contribution is 2.25. The summed E-state index contributed by atoms with van der Waals surface area (Å²) in [6.45, 7) is 0.0557. The SMILES string of the molecule is NC(=S)c1ccc(COc2cc(Cl)cc(Cl)c2)c(F)c1. The zero-order valence-electron chi connectivity index (χ0n) is 10.2. The predicted molar refractivity (Wildman–Crippen MR) is 83.1 cm³/mol. The molecule has 0 saturated carbocycles. The first-order chi connectivity index (χ1) is 9.45. The standard InChI is InChI=1S/C14H10Cl2FNOS/c15-10-4-11(16)6-12(5-10)19-7-9-2-1-8(14(18)20)3-13(9)17/h1-6H,7H2,(H2,18,20). The fourth-order valence-electron chi connectivity index (χ4n) is 1.59. The number of thiocarbonyl (C=S) groups is 1. The number of benzene rings is 2. The van der Waals surface area contributed by atoms with Crippen molar-refractivity contribution in [3.63, 3.8) is 0 Å². The van der Waals surface area contributed by atoms with E-state index in [9.17, 15) is 4.39 Å². The molecule has 0 aliphatic rings. The Morgan fingerprint density at radius 3 is 2.35 bits per heavy atom. The summed E-state index contributed by atoms with van der Waals surface area (Å²) < 4.78 is 19.3. The first kappa shape index (κ1) is 15.0. The van der Waals surface area contributed by atoms with Crippen molar-refractivity contribution in [2.45, 2.75) is 6.61 Å². The summed E-state index contributed by atoms with van der Waals surface area (Å²) in [5.41, 5.74) is 6.30. The second-order valence-electron chi connectivity index (χ2n) is 4.06. The third kappa shape index (κ3) is 3.82. The van der Waals surface area contributed by atoms with Crippen molar-refractivity contribution < 1.29 is 9.13 Å². The normalized spacial score (nSPS) is 10.3. The Morgan fingerprint density at radius 2 is 1.80 bits per heavy atom. The van der Waals surface area contributed by atoms with E-state index in [2.05, 4.69) is 0 Å². The summed E-state index contributed by atoms with van der Waals surface area (Å²) in [5.74, 6) is 0.0451. The minimum atomic E-state index is -0.427. The van der Waals surface area contributed by atoms with E-state index >= 15 is 0 Å². The summed E-state index contributed by atoms with van der Waals surface area (Å²) in [4.78, 5) is 0.151. The van der Waals surface area contributed by atoms with E-state index < -0.39 is 5.82 Å². The molecule has 2 aromatic rings. The van der Waals surface area contributed by atoms with E-state index in [1.54, 1.807) is 30.3 Å². The van der Waals surface area contributed by atoms with Gasteiger partial charge in [-0.1, -0.05) is 47.6 Å². The van der Waals surface area contributed by atoms with Crippen molar-refractivity contribution in [1.82, 2.24) is 0 Å². The highest BCUT2D eigenvalue weighted by molar-refractivity contribution is 7.80. The molecule has 2 nitrogen and oxygen atoms in total. The average molecular weight is 330 g/mol. The molecule has 20 heavy (non-hydrogen) atoms. The Labute approximate surface area is 131 Å². The summed E-state index contributed by atoms with van der Waals surface area (Å²) in [5, 5.41) is 0.911. The number of hydrogen-bond acceptors (Lipinski definition) is 2. The maximum absolute atomic E-state index is 13.8. The Morgan fingerprint density at radius 1 is 1.15 bits per heavy atom. The molecular formula is C14H10Cl2FNOS. The van der Waals surface area contributed by atoms with Gasteiger partial charge in [0.2, 0.25) is 0 Å². The van der Waals surface area contributed by atoms with Crippen LogP contribution in [-0.4, -0.2) is 4.99 Å². The smallest absolute Gasteiger partial charge is 0.130 e. The molecule has 0 bridgehead atoms. The molecule has 2 rings (SSSR count). The topological polar surface area (TPSA) is 35.2 Å². The van der Waals surface area contributed by atoms with Crippen LogP contribution < -0.4 is 10.5 Å². The quantitative estimate of drug-likeness (QED) is 0.847. The molecule has 2 N–H and O–H groups in total. The molecule has 0 aliphatic carbocycles. The zero-order chi connectivity index (χ0) is 14.7. The van der Waals surface area contributed by atoms with Gasteiger partial charge < -0.3 is 10.5 Å². The van der Waals surface area contributed by atoms with Crippen LogP contribution in [0, 0.1) is 5.82 Å². The first-order valence-electron chi connectivity index (χ1n) is 5.63. The van der Waals surface area contributed by atoms with Crippen LogP contribution in [0.3, 0.4) is 0 Å². The van der Waals surface area contributed by atoms with E-state index in [1.165, 1.54) is 6.07 Å². The summed E-state index contributed by atoms with van der Waals surface area (Å²) in [6, 6.07) is 9.31. The summed E-state index contributed by atoms with van der Waals surface area (Å²) in [7, 11) is 0. The van der Waals surface area contributed by atoms with Gasteiger partial charge in [0.05, 0.1) is 0 Å². The maximum atomic E-state index is 13.8. The first-order valence-corrected chi connectivity index (χ1v) is 6.79. The second-order valence-corrected chi connectivity index (χ2v) is 5.38. The van der Waals surface area contributed by atoms with Crippen LogP contribution in [0.4, 0.5) is 4.39 Å². The molecule has 0 saturated heterocycles. The molecule has 0 aliphatic heterocycles. The lowest BCUT2D eigenvalue weighted by Crippen LogP contribution is -2.10. The zero-order valence-corrected chi connectivity index (χ0v) is 12.5. The molecule has 0 amide bonds. The third-order valence-corrected chi connectivity index (χ3v) is 3.24. The van der Waals surface area contributed by atoms with E-state index in [1.807, 2.05) is 0 Å². The van der Waals surface area contributed by atoms with Crippen molar-refractivity contribution in [2.75, 3.05) is 0 Å². The number of rotatable bonds is 4. The van der Waals surface area contributed by atoms with Crippen molar-refractivity contribution in [3.8, 4) is 5.75 Å². The Balaban J connectivity index is 2.12. The number of hydrogen-bond donors (Lipinski definition) is 1. The Kier molecular flexibility index (Phi) is 4.81. The Hall–Kier alpha value is -1.36. The second kappa shape index (κ2) is 6.39. The lowest BCUT2D eigenvalue weighted by atomic mass is 10.1. The van der Waals surface area contributed by atoms with Crippen LogP contribution in [0.1, 0.15) is 11.1 Å². The fraction of sp³-hybridized carbons (Fsp3) is 0.0714. The van der Waals surface area contributed by atoms with Crippen LogP contribution >= 0.6 is 35.4 Å². The minimum absolute atomic E-state index is 0.0557. The van der Waals surface area contributed by atoms with E-state index in [0.29, 0.717) is 26.9 Å². The van der Waals surface area contributed by atoms with Crippen LogP contribution in [0.5, 0.6) is 5.75 Å². The molecule has 0 fully saturated rings. The van der Waals surface area contributed by atoms with Crippen LogP contribution in [0.2, 0.25) is 10.0 Å². The highest BCUT2D eigenvalue weighted by atomic mass is 35.5. The molecule has 2 aromatic carbocycles. The van der Waals surface area contributed by atoms with E-state index in [4.69, 9.17) is 45.9 Å². The van der Waals surface area contributed by atoms with Gasteiger partial charge in [-0.2, -0.15) is 0 Å². The van der Waals surface area contributed by atoms with Crippen LogP contribution in [0.15, 0.2) is 36.4 Å². The van der Waals surface area contributed by atoms with Gasteiger partial charge in [-0.05, 0) is 24.3 Å². The van der Waals surface area contributed by atoms with Crippen LogP contribution in [0.25, 0.3) is 0 Å². The average Bonchev–Trinajstić information content (AvgIpc) is 2.36. The third-order valence-electron chi connectivity index (χ3n) is 2.57. The number of halogens is 3. The van der Waals surface area contributed by atoms with Crippen molar-refractivity contribution in [1.29, 1.82) is 0 Å². The monoisotopic (exact) mass is 329 g/mol. The van der Waals surface area contributed by atoms with E-state index in [-0.39, 0.29) is 11.6 Å². The molecule has 0 radical (unpaired) electrons. The lowest BCUT2D eigenvalue weighted by molar-refractivity contribution is 0.300. The van der Waals surface area contributed by atoms with Gasteiger partial charge in [-0.3, -0.25) is 0 Å². The van der Waals surface area contributed by atoms with Gasteiger partial charge in [0.25, 0.3) is 0 Å². The van der Waals surface area contributed by atoms with Crippen molar-refractivity contribution >= 4 is 40.4 Å². The molecule has 104 valence electrons. The summed E-state index contributed by atoms with van der Waals surface area (Å²) in [6.07, 6.45) is 0. The molecule has 0 spiro atoms. The van der Waals surface area contributed by atoms with Gasteiger partial charge in [-0.25, -0.2) is 4.39 Å². The van der Waals surface area contributed by atoms with E-state index in [0.717, 1.165) is 0 Å². The lowest BCUT2D eigenvalue weighted by Gasteiger charge is -2.09. The predicted octanol–water partition coefficient (Wildman–Crippen LogP) is 4.35. The minimum Gasteiger partial charge on any atom is -0.489 e.